The van der Waals surface area contributed by atoms with E-state index in [1.54, 1.807) is 30.6 Å². The zero-order valence-corrected chi connectivity index (χ0v) is 12.2. The van der Waals surface area contributed by atoms with Crippen molar-refractivity contribution in [2.24, 2.45) is 0 Å². The van der Waals surface area contributed by atoms with E-state index in [9.17, 15) is 5.11 Å². The number of rotatable bonds is 6. The zero-order valence-electron chi connectivity index (χ0n) is 11.4. The SMILES string of the molecule is COCc1nc(-c2ccc(O)cc2)sc1CNC1CC1. The van der Waals surface area contributed by atoms with Crippen LogP contribution < -0.4 is 5.32 Å². The summed E-state index contributed by atoms with van der Waals surface area (Å²) in [5, 5.41) is 13.8. The van der Waals surface area contributed by atoms with Crippen molar-refractivity contribution >= 4 is 11.3 Å². The molecule has 3 rings (SSSR count). The van der Waals surface area contributed by atoms with Gasteiger partial charge in [0.05, 0.1) is 12.3 Å². The minimum Gasteiger partial charge on any atom is -0.508 e. The topological polar surface area (TPSA) is 54.4 Å². The highest BCUT2D eigenvalue weighted by molar-refractivity contribution is 7.15. The molecule has 1 fully saturated rings. The molecule has 2 N–H and O–H groups in total. The quantitative estimate of drug-likeness (QED) is 0.859. The van der Waals surface area contributed by atoms with Crippen LogP contribution in [0.15, 0.2) is 24.3 Å². The van der Waals surface area contributed by atoms with Crippen LogP contribution in [-0.4, -0.2) is 23.2 Å². The number of nitrogens with one attached hydrogen (secondary N) is 1. The number of nitrogens with zero attached hydrogens (tertiary/aromatic N) is 1. The number of thiazole rings is 1. The summed E-state index contributed by atoms with van der Waals surface area (Å²) in [5.41, 5.74) is 2.04. The molecule has 5 heteroatoms. The molecule has 2 aromatic rings. The Morgan fingerprint density at radius 1 is 1.35 bits per heavy atom. The maximum atomic E-state index is 9.35. The van der Waals surface area contributed by atoms with Crippen LogP contribution in [0.5, 0.6) is 5.75 Å². The van der Waals surface area contributed by atoms with E-state index in [0.717, 1.165) is 22.8 Å². The molecular formula is C15H18N2O2S. The van der Waals surface area contributed by atoms with Crippen LogP contribution >= 0.6 is 11.3 Å². The Morgan fingerprint density at radius 3 is 2.75 bits per heavy atom. The first kappa shape index (κ1) is 13.5. The molecule has 1 aliphatic rings. The molecule has 0 radical (unpaired) electrons. The molecule has 1 aromatic heterocycles. The van der Waals surface area contributed by atoms with Crippen molar-refractivity contribution < 1.29 is 9.84 Å². The van der Waals surface area contributed by atoms with Gasteiger partial charge in [0.25, 0.3) is 0 Å². The second-order valence-electron chi connectivity index (χ2n) is 5.02. The summed E-state index contributed by atoms with van der Waals surface area (Å²) in [6.07, 6.45) is 2.56. The number of aromatic nitrogens is 1. The minimum absolute atomic E-state index is 0.276. The van der Waals surface area contributed by atoms with E-state index in [4.69, 9.17) is 4.74 Å². The van der Waals surface area contributed by atoms with Gasteiger partial charge in [0, 0.05) is 30.1 Å². The van der Waals surface area contributed by atoms with Gasteiger partial charge < -0.3 is 15.2 Å². The Morgan fingerprint density at radius 2 is 2.10 bits per heavy atom. The number of hydrogen-bond donors (Lipinski definition) is 2. The van der Waals surface area contributed by atoms with Crippen LogP contribution in [0, 0.1) is 0 Å². The summed E-state index contributed by atoms with van der Waals surface area (Å²) in [6.45, 7) is 1.40. The molecule has 1 saturated carbocycles. The molecular weight excluding hydrogens is 272 g/mol. The number of methoxy groups -OCH3 is 1. The zero-order chi connectivity index (χ0) is 13.9. The van der Waals surface area contributed by atoms with Crippen LogP contribution in [0.25, 0.3) is 10.6 Å². The van der Waals surface area contributed by atoms with Crippen molar-refractivity contribution in [3.63, 3.8) is 0 Å². The van der Waals surface area contributed by atoms with E-state index in [0.29, 0.717) is 12.6 Å². The second-order valence-corrected chi connectivity index (χ2v) is 6.11. The fourth-order valence-corrected chi connectivity index (χ4v) is 3.04. The molecule has 20 heavy (non-hydrogen) atoms. The lowest BCUT2D eigenvalue weighted by Gasteiger charge is -2.02. The van der Waals surface area contributed by atoms with E-state index >= 15 is 0 Å². The predicted molar refractivity (Wildman–Crippen MR) is 79.8 cm³/mol. The van der Waals surface area contributed by atoms with Crippen LogP contribution in [-0.2, 0) is 17.9 Å². The summed E-state index contributed by atoms with van der Waals surface area (Å²) in [4.78, 5) is 5.91. The first-order valence-corrected chi connectivity index (χ1v) is 7.58. The average molecular weight is 290 g/mol. The average Bonchev–Trinajstić information content (AvgIpc) is 3.19. The molecule has 0 atom stereocenters. The van der Waals surface area contributed by atoms with Gasteiger partial charge in [0.15, 0.2) is 0 Å². The van der Waals surface area contributed by atoms with Crippen LogP contribution in [0.2, 0.25) is 0 Å². The molecule has 1 aromatic carbocycles. The standard InChI is InChI=1S/C15H18N2O2S/c1-19-9-13-14(8-16-11-4-5-11)20-15(17-13)10-2-6-12(18)7-3-10/h2-3,6-7,11,16,18H,4-5,8-9H2,1H3. The summed E-state index contributed by atoms with van der Waals surface area (Å²) < 4.78 is 5.24. The van der Waals surface area contributed by atoms with Gasteiger partial charge in [-0.15, -0.1) is 11.3 Å². The maximum absolute atomic E-state index is 9.35. The molecule has 0 unspecified atom stereocenters. The first-order valence-electron chi connectivity index (χ1n) is 6.76. The predicted octanol–water partition coefficient (Wildman–Crippen LogP) is 2.91. The summed E-state index contributed by atoms with van der Waals surface area (Å²) in [7, 11) is 1.69. The van der Waals surface area contributed by atoms with Crippen LogP contribution in [0.4, 0.5) is 0 Å². The lowest BCUT2D eigenvalue weighted by Crippen LogP contribution is -2.15. The third-order valence-electron chi connectivity index (χ3n) is 3.30. The lowest BCUT2D eigenvalue weighted by atomic mass is 10.2. The largest absolute Gasteiger partial charge is 0.508 e. The fraction of sp³-hybridized carbons (Fsp3) is 0.400. The molecule has 0 amide bonds. The van der Waals surface area contributed by atoms with Crippen LogP contribution in [0.1, 0.15) is 23.4 Å². The Kier molecular flexibility index (Phi) is 4.00. The van der Waals surface area contributed by atoms with Gasteiger partial charge in [-0.3, -0.25) is 0 Å². The van der Waals surface area contributed by atoms with E-state index in [2.05, 4.69) is 10.3 Å². The highest BCUT2D eigenvalue weighted by atomic mass is 32.1. The molecule has 106 valence electrons. The molecule has 0 spiro atoms. The van der Waals surface area contributed by atoms with Crippen molar-refractivity contribution in [3.8, 4) is 16.3 Å². The Balaban J connectivity index is 1.82. The van der Waals surface area contributed by atoms with E-state index < -0.39 is 0 Å². The number of phenols is 1. The molecule has 4 nitrogen and oxygen atoms in total. The Hall–Kier alpha value is -1.43. The third-order valence-corrected chi connectivity index (χ3v) is 4.45. The van der Waals surface area contributed by atoms with Crippen molar-refractivity contribution in [1.82, 2.24) is 10.3 Å². The minimum atomic E-state index is 0.276. The Labute approximate surface area is 122 Å². The van der Waals surface area contributed by atoms with Crippen molar-refractivity contribution in [1.29, 1.82) is 0 Å². The number of ether oxygens (including phenoxy) is 1. The van der Waals surface area contributed by atoms with Crippen LogP contribution in [0.3, 0.4) is 0 Å². The van der Waals surface area contributed by atoms with Gasteiger partial charge >= 0.3 is 0 Å². The van der Waals surface area contributed by atoms with Gasteiger partial charge in [-0.25, -0.2) is 4.98 Å². The summed E-state index contributed by atoms with van der Waals surface area (Å²) in [5.74, 6) is 0.276. The molecule has 0 bridgehead atoms. The third kappa shape index (κ3) is 3.17. The van der Waals surface area contributed by atoms with E-state index in [1.807, 2.05) is 12.1 Å². The highest BCUT2D eigenvalue weighted by Gasteiger charge is 2.21. The van der Waals surface area contributed by atoms with Crippen molar-refractivity contribution in [2.45, 2.75) is 32.0 Å². The van der Waals surface area contributed by atoms with E-state index in [-0.39, 0.29) is 5.75 Å². The Bertz CT molecular complexity index is 576. The number of hydrogen-bond acceptors (Lipinski definition) is 5. The molecule has 0 saturated heterocycles. The number of benzene rings is 1. The normalized spacial score (nSPS) is 14.7. The maximum Gasteiger partial charge on any atom is 0.124 e. The molecule has 1 heterocycles. The monoisotopic (exact) mass is 290 g/mol. The second kappa shape index (κ2) is 5.91. The first-order chi connectivity index (χ1) is 9.76. The molecule has 1 aliphatic carbocycles. The van der Waals surface area contributed by atoms with Gasteiger partial charge in [-0.2, -0.15) is 0 Å². The molecule has 0 aliphatic heterocycles. The smallest absolute Gasteiger partial charge is 0.124 e. The lowest BCUT2D eigenvalue weighted by molar-refractivity contribution is 0.181. The highest BCUT2D eigenvalue weighted by Crippen LogP contribution is 2.30. The van der Waals surface area contributed by atoms with Gasteiger partial charge in [-0.05, 0) is 37.1 Å². The van der Waals surface area contributed by atoms with Gasteiger partial charge in [0.1, 0.15) is 10.8 Å². The van der Waals surface area contributed by atoms with Crippen molar-refractivity contribution in [3.05, 3.63) is 34.8 Å². The van der Waals surface area contributed by atoms with Gasteiger partial charge in [0.2, 0.25) is 0 Å². The van der Waals surface area contributed by atoms with Crippen molar-refractivity contribution in [2.75, 3.05) is 7.11 Å². The van der Waals surface area contributed by atoms with E-state index in [1.165, 1.54) is 17.7 Å². The van der Waals surface area contributed by atoms with Gasteiger partial charge in [-0.1, -0.05) is 0 Å². The summed E-state index contributed by atoms with van der Waals surface area (Å²) in [6, 6.07) is 7.85. The number of aromatic hydroxyl groups is 1. The fourth-order valence-electron chi connectivity index (χ4n) is 2.02. The summed E-state index contributed by atoms with van der Waals surface area (Å²) >= 11 is 1.69. The number of phenolic OH excluding ortho intramolecular Hbond substituents is 1.